The van der Waals surface area contributed by atoms with Crippen LogP contribution in [0.2, 0.25) is 0 Å². The molecule has 0 aliphatic rings. The maximum Gasteiger partial charge on any atom is 0.292 e. The Kier molecular flexibility index (Phi) is 3.17. The molecule has 0 atom stereocenters. The standard InChI is InChI=1S/C14H13FN4O2/c1-7(2)21-11-5-8(15)3-4-9(11)10-6-16-12-13(17-10)18-19-14(12)20/h3-7H,1-2H3,(H2,17,18,19,20). The number of ether oxygens (including phenoxy) is 1. The summed E-state index contributed by atoms with van der Waals surface area (Å²) in [6.07, 6.45) is 1.36. The number of aromatic nitrogens is 4. The van der Waals surface area contributed by atoms with Gasteiger partial charge in [0.25, 0.3) is 5.56 Å². The molecule has 0 saturated carbocycles. The topological polar surface area (TPSA) is 83.7 Å². The van der Waals surface area contributed by atoms with E-state index in [1.807, 2.05) is 13.8 Å². The highest BCUT2D eigenvalue weighted by Crippen LogP contribution is 2.30. The van der Waals surface area contributed by atoms with E-state index in [0.29, 0.717) is 22.7 Å². The number of hydrogen-bond donors (Lipinski definition) is 2. The summed E-state index contributed by atoms with van der Waals surface area (Å²) in [5.74, 6) is -0.00461. The maximum absolute atomic E-state index is 13.4. The molecule has 2 N–H and O–H groups in total. The second kappa shape index (κ2) is 5.01. The average molecular weight is 288 g/mol. The smallest absolute Gasteiger partial charge is 0.292 e. The number of nitrogens with zero attached hydrogens (tertiary/aromatic N) is 2. The second-order valence-electron chi connectivity index (χ2n) is 4.84. The summed E-state index contributed by atoms with van der Waals surface area (Å²) in [4.78, 5) is 19.8. The van der Waals surface area contributed by atoms with Crippen molar-refractivity contribution in [3.8, 4) is 17.0 Å². The van der Waals surface area contributed by atoms with Crippen LogP contribution in [0.25, 0.3) is 22.4 Å². The van der Waals surface area contributed by atoms with E-state index in [4.69, 9.17) is 4.74 Å². The number of fused-ring (bicyclic) bond motifs is 1. The van der Waals surface area contributed by atoms with Crippen LogP contribution in [-0.2, 0) is 0 Å². The Bertz CT molecular complexity index is 854. The van der Waals surface area contributed by atoms with E-state index in [-0.39, 0.29) is 17.2 Å². The van der Waals surface area contributed by atoms with Gasteiger partial charge >= 0.3 is 0 Å². The summed E-state index contributed by atoms with van der Waals surface area (Å²) >= 11 is 0. The van der Waals surface area contributed by atoms with Crippen molar-refractivity contribution < 1.29 is 9.13 Å². The quantitative estimate of drug-likeness (QED) is 0.774. The molecule has 2 heterocycles. The van der Waals surface area contributed by atoms with Gasteiger partial charge in [-0.15, -0.1) is 0 Å². The maximum atomic E-state index is 13.4. The normalized spacial score (nSPS) is 11.2. The van der Waals surface area contributed by atoms with Crippen molar-refractivity contribution in [2.24, 2.45) is 0 Å². The number of nitrogens with one attached hydrogen (secondary N) is 2. The van der Waals surface area contributed by atoms with E-state index < -0.39 is 5.82 Å². The molecule has 0 fully saturated rings. The molecule has 0 aliphatic carbocycles. The van der Waals surface area contributed by atoms with E-state index in [9.17, 15) is 9.18 Å². The first-order valence-corrected chi connectivity index (χ1v) is 6.44. The van der Waals surface area contributed by atoms with Crippen molar-refractivity contribution in [3.63, 3.8) is 0 Å². The van der Waals surface area contributed by atoms with Crippen molar-refractivity contribution in [2.75, 3.05) is 0 Å². The van der Waals surface area contributed by atoms with Crippen molar-refractivity contribution in [2.45, 2.75) is 20.0 Å². The van der Waals surface area contributed by atoms with Gasteiger partial charge in [-0.2, -0.15) is 0 Å². The molecule has 2 aromatic heterocycles. The number of aromatic amines is 2. The first-order valence-electron chi connectivity index (χ1n) is 6.44. The molecule has 3 rings (SSSR count). The summed E-state index contributed by atoms with van der Waals surface area (Å²) in [6, 6.07) is 4.21. The van der Waals surface area contributed by atoms with E-state index in [1.165, 1.54) is 18.3 Å². The zero-order chi connectivity index (χ0) is 15.0. The molecule has 0 aliphatic heterocycles. The predicted octanol–water partition coefficient (Wildman–Crippen LogP) is 2.24. The molecule has 0 spiro atoms. The number of halogens is 1. The zero-order valence-corrected chi connectivity index (χ0v) is 11.5. The lowest BCUT2D eigenvalue weighted by atomic mass is 10.1. The molecule has 0 saturated heterocycles. The molecule has 0 bridgehead atoms. The first-order chi connectivity index (χ1) is 10.0. The van der Waals surface area contributed by atoms with Gasteiger partial charge in [0.15, 0.2) is 11.2 Å². The lowest BCUT2D eigenvalue weighted by molar-refractivity contribution is 0.242. The minimum atomic E-state index is -0.390. The monoisotopic (exact) mass is 288 g/mol. The first kappa shape index (κ1) is 13.3. The van der Waals surface area contributed by atoms with Crippen LogP contribution < -0.4 is 10.3 Å². The van der Waals surface area contributed by atoms with Crippen LogP contribution in [0.5, 0.6) is 5.75 Å². The van der Waals surface area contributed by atoms with Crippen molar-refractivity contribution >= 4 is 11.2 Å². The van der Waals surface area contributed by atoms with Gasteiger partial charge in [0.2, 0.25) is 0 Å². The highest BCUT2D eigenvalue weighted by Gasteiger charge is 2.13. The van der Waals surface area contributed by atoms with Crippen LogP contribution >= 0.6 is 0 Å². The van der Waals surface area contributed by atoms with Gasteiger partial charge in [-0.05, 0) is 26.0 Å². The van der Waals surface area contributed by atoms with Crippen LogP contribution in [0.1, 0.15) is 13.8 Å². The van der Waals surface area contributed by atoms with Crippen LogP contribution in [0.15, 0.2) is 29.2 Å². The summed E-state index contributed by atoms with van der Waals surface area (Å²) < 4.78 is 19.0. The number of hydrogen-bond acceptors (Lipinski definition) is 4. The third-order valence-corrected chi connectivity index (χ3v) is 2.86. The fourth-order valence-corrected chi connectivity index (χ4v) is 2.01. The summed E-state index contributed by atoms with van der Waals surface area (Å²) in [5, 5.41) is 5.06. The van der Waals surface area contributed by atoms with Gasteiger partial charge in [0, 0.05) is 11.6 Å². The fraction of sp³-hybridized carbons (Fsp3) is 0.214. The van der Waals surface area contributed by atoms with E-state index in [1.54, 1.807) is 6.07 Å². The Balaban J connectivity index is 2.14. The largest absolute Gasteiger partial charge is 0.490 e. The van der Waals surface area contributed by atoms with Crippen LogP contribution in [0.4, 0.5) is 4.39 Å². The minimum Gasteiger partial charge on any atom is -0.490 e. The van der Waals surface area contributed by atoms with Crippen molar-refractivity contribution in [1.29, 1.82) is 0 Å². The van der Waals surface area contributed by atoms with E-state index >= 15 is 0 Å². The Hall–Kier alpha value is -2.70. The molecule has 3 aromatic rings. The van der Waals surface area contributed by atoms with Crippen LogP contribution in [-0.4, -0.2) is 26.3 Å². The van der Waals surface area contributed by atoms with Crippen molar-refractivity contribution in [1.82, 2.24) is 20.2 Å². The lowest BCUT2D eigenvalue weighted by Crippen LogP contribution is -2.07. The third-order valence-electron chi connectivity index (χ3n) is 2.86. The Morgan fingerprint density at radius 2 is 2.10 bits per heavy atom. The van der Waals surface area contributed by atoms with Gasteiger partial charge in [0.1, 0.15) is 11.6 Å². The second-order valence-corrected chi connectivity index (χ2v) is 4.84. The molecule has 0 unspecified atom stereocenters. The minimum absolute atomic E-state index is 0.102. The van der Waals surface area contributed by atoms with Crippen molar-refractivity contribution in [3.05, 3.63) is 40.6 Å². The number of benzene rings is 1. The van der Waals surface area contributed by atoms with E-state index in [2.05, 4.69) is 20.2 Å². The molecular formula is C14H13FN4O2. The molecule has 7 heteroatoms. The Labute approximate surface area is 119 Å². The number of rotatable bonds is 3. The summed E-state index contributed by atoms with van der Waals surface area (Å²) in [6.45, 7) is 3.71. The fourth-order valence-electron chi connectivity index (χ4n) is 2.01. The SMILES string of the molecule is CC(C)Oc1cc(F)ccc1-c1cnc2c(=O)[nH][nH]c2n1. The van der Waals surface area contributed by atoms with Gasteiger partial charge < -0.3 is 4.74 Å². The summed E-state index contributed by atoms with van der Waals surface area (Å²) in [5.41, 5.74) is 1.35. The molecule has 21 heavy (non-hydrogen) atoms. The predicted molar refractivity (Wildman–Crippen MR) is 75.7 cm³/mol. The lowest BCUT2D eigenvalue weighted by Gasteiger charge is -2.13. The van der Waals surface area contributed by atoms with Gasteiger partial charge in [0.05, 0.1) is 18.0 Å². The average Bonchev–Trinajstić information content (AvgIpc) is 2.79. The third kappa shape index (κ3) is 2.49. The summed E-state index contributed by atoms with van der Waals surface area (Å²) in [7, 11) is 0. The zero-order valence-electron chi connectivity index (χ0n) is 11.5. The van der Waals surface area contributed by atoms with Gasteiger partial charge in [-0.25, -0.2) is 14.4 Å². The Morgan fingerprint density at radius 1 is 1.29 bits per heavy atom. The highest BCUT2D eigenvalue weighted by atomic mass is 19.1. The van der Waals surface area contributed by atoms with E-state index in [0.717, 1.165) is 0 Å². The molecule has 108 valence electrons. The highest BCUT2D eigenvalue weighted by molar-refractivity contribution is 5.74. The molecular weight excluding hydrogens is 275 g/mol. The molecule has 0 amide bonds. The van der Waals surface area contributed by atoms with Crippen LogP contribution in [0, 0.1) is 5.82 Å². The van der Waals surface area contributed by atoms with Gasteiger partial charge in [-0.3, -0.25) is 15.0 Å². The van der Waals surface area contributed by atoms with Gasteiger partial charge in [-0.1, -0.05) is 0 Å². The van der Waals surface area contributed by atoms with Crippen LogP contribution in [0.3, 0.4) is 0 Å². The molecule has 6 nitrogen and oxygen atoms in total. The Morgan fingerprint density at radius 3 is 2.86 bits per heavy atom. The molecule has 0 radical (unpaired) electrons. The molecule has 1 aromatic carbocycles. The number of H-pyrrole nitrogens is 2.